The normalized spacial score (nSPS) is 11.4. The maximum absolute atomic E-state index is 10.6. The first-order valence-electron chi connectivity index (χ1n) is 3.85. The standard InChI is InChI=1S/C10H8N2O2/c11-6-8(10(13)14)9(12)7-4-2-1-3-5-7/h1-5H,12H2,(H,13,14). The van der Waals surface area contributed by atoms with Crippen molar-refractivity contribution < 1.29 is 9.90 Å². The van der Waals surface area contributed by atoms with Crippen LogP contribution in [-0.4, -0.2) is 11.1 Å². The lowest BCUT2D eigenvalue weighted by molar-refractivity contribution is -0.132. The van der Waals surface area contributed by atoms with Crippen LogP contribution in [0.15, 0.2) is 35.9 Å². The van der Waals surface area contributed by atoms with Crippen LogP contribution in [0.5, 0.6) is 0 Å². The molecule has 1 aromatic rings. The molecule has 0 aromatic heterocycles. The van der Waals surface area contributed by atoms with E-state index in [1.165, 1.54) is 0 Å². The Kier molecular flexibility index (Phi) is 2.87. The van der Waals surface area contributed by atoms with Gasteiger partial charge in [-0.25, -0.2) is 4.79 Å². The molecule has 0 saturated heterocycles. The molecule has 1 rings (SSSR count). The van der Waals surface area contributed by atoms with Crippen molar-refractivity contribution in [2.75, 3.05) is 0 Å². The minimum absolute atomic E-state index is 0.0133. The van der Waals surface area contributed by atoms with Gasteiger partial charge >= 0.3 is 5.97 Å². The van der Waals surface area contributed by atoms with E-state index in [-0.39, 0.29) is 5.70 Å². The molecule has 70 valence electrons. The van der Waals surface area contributed by atoms with Crippen LogP contribution in [-0.2, 0) is 4.79 Å². The minimum atomic E-state index is -1.31. The molecule has 0 aliphatic carbocycles. The molecular formula is C10H8N2O2. The van der Waals surface area contributed by atoms with Crippen LogP contribution >= 0.6 is 0 Å². The third kappa shape index (κ3) is 1.90. The number of rotatable bonds is 2. The number of aliphatic carboxylic acids is 1. The molecular weight excluding hydrogens is 180 g/mol. The van der Waals surface area contributed by atoms with Gasteiger partial charge in [0.2, 0.25) is 0 Å². The summed E-state index contributed by atoms with van der Waals surface area (Å²) < 4.78 is 0. The molecule has 0 aliphatic heterocycles. The summed E-state index contributed by atoms with van der Waals surface area (Å²) in [5.74, 6) is -1.31. The quantitative estimate of drug-likeness (QED) is 0.534. The van der Waals surface area contributed by atoms with Crippen LogP contribution < -0.4 is 5.73 Å². The van der Waals surface area contributed by atoms with Gasteiger partial charge in [-0.05, 0) is 5.56 Å². The monoisotopic (exact) mass is 188 g/mol. The summed E-state index contributed by atoms with van der Waals surface area (Å²) in [5.41, 5.74) is 5.61. The number of carboxylic acids is 1. The van der Waals surface area contributed by atoms with Crippen molar-refractivity contribution in [1.29, 1.82) is 5.26 Å². The molecule has 3 N–H and O–H groups in total. The van der Waals surface area contributed by atoms with E-state index in [1.54, 1.807) is 36.4 Å². The van der Waals surface area contributed by atoms with Crippen LogP contribution in [0, 0.1) is 11.3 Å². The van der Waals surface area contributed by atoms with Crippen LogP contribution in [0.4, 0.5) is 0 Å². The highest BCUT2D eigenvalue weighted by Crippen LogP contribution is 2.12. The fraction of sp³-hybridized carbons (Fsp3) is 0. The maximum atomic E-state index is 10.6. The Hall–Kier alpha value is -2.28. The first kappa shape index (κ1) is 9.81. The highest BCUT2D eigenvalue weighted by molar-refractivity contribution is 5.99. The smallest absolute Gasteiger partial charge is 0.348 e. The molecule has 14 heavy (non-hydrogen) atoms. The lowest BCUT2D eigenvalue weighted by Gasteiger charge is -2.01. The summed E-state index contributed by atoms with van der Waals surface area (Å²) in [6.07, 6.45) is 0. The van der Waals surface area contributed by atoms with E-state index >= 15 is 0 Å². The van der Waals surface area contributed by atoms with E-state index in [0.29, 0.717) is 5.56 Å². The van der Waals surface area contributed by atoms with Gasteiger partial charge < -0.3 is 10.8 Å². The maximum Gasteiger partial charge on any atom is 0.348 e. The molecule has 0 unspecified atom stereocenters. The average molecular weight is 188 g/mol. The topological polar surface area (TPSA) is 87.1 Å². The Morgan fingerprint density at radius 3 is 2.36 bits per heavy atom. The zero-order valence-electron chi connectivity index (χ0n) is 7.27. The summed E-state index contributed by atoms with van der Waals surface area (Å²) in [5, 5.41) is 17.2. The van der Waals surface area contributed by atoms with E-state index < -0.39 is 11.5 Å². The molecule has 0 aliphatic rings. The zero-order valence-corrected chi connectivity index (χ0v) is 7.27. The van der Waals surface area contributed by atoms with Gasteiger partial charge in [0.25, 0.3) is 0 Å². The number of carbonyl (C=O) groups is 1. The third-order valence-corrected chi connectivity index (χ3v) is 1.68. The molecule has 0 bridgehead atoms. The Morgan fingerprint density at radius 2 is 1.93 bits per heavy atom. The van der Waals surface area contributed by atoms with E-state index in [9.17, 15) is 4.79 Å². The van der Waals surface area contributed by atoms with Crippen molar-refractivity contribution in [3.8, 4) is 6.07 Å². The Bertz CT molecular complexity index is 415. The van der Waals surface area contributed by atoms with Crippen molar-refractivity contribution in [1.82, 2.24) is 0 Å². The lowest BCUT2D eigenvalue weighted by Crippen LogP contribution is -2.08. The first-order valence-corrected chi connectivity index (χ1v) is 3.85. The summed E-state index contributed by atoms with van der Waals surface area (Å²) >= 11 is 0. The largest absolute Gasteiger partial charge is 0.477 e. The van der Waals surface area contributed by atoms with Crippen molar-refractivity contribution in [3.63, 3.8) is 0 Å². The van der Waals surface area contributed by atoms with Crippen LogP contribution in [0.25, 0.3) is 5.70 Å². The van der Waals surface area contributed by atoms with Gasteiger partial charge in [-0.1, -0.05) is 30.3 Å². The van der Waals surface area contributed by atoms with E-state index in [2.05, 4.69) is 0 Å². The second-order valence-electron chi connectivity index (χ2n) is 2.57. The Morgan fingerprint density at radius 1 is 1.36 bits per heavy atom. The number of nitriles is 1. The number of benzene rings is 1. The highest BCUT2D eigenvalue weighted by atomic mass is 16.4. The first-order chi connectivity index (χ1) is 6.66. The predicted molar refractivity (Wildman–Crippen MR) is 50.8 cm³/mol. The number of carboxylic acid groups (broad SMARTS) is 1. The third-order valence-electron chi connectivity index (χ3n) is 1.68. The van der Waals surface area contributed by atoms with Gasteiger partial charge in [-0.3, -0.25) is 0 Å². The highest BCUT2D eigenvalue weighted by Gasteiger charge is 2.12. The van der Waals surface area contributed by atoms with Gasteiger partial charge in [0.1, 0.15) is 6.07 Å². The number of nitrogens with two attached hydrogens (primary N) is 1. The van der Waals surface area contributed by atoms with E-state index in [4.69, 9.17) is 16.1 Å². The molecule has 4 nitrogen and oxygen atoms in total. The molecule has 0 atom stereocenters. The molecule has 0 amide bonds. The molecule has 0 radical (unpaired) electrons. The number of hydrogen-bond acceptors (Lipinski definition) is 3. The second-order valence-corrected chi connectivity index (χ2v) is 2.57. The minimum Gasteiger partial charge on any atom is -0.477 e. The average Bonchev–Trinajstić information content (AvgIpc) is 2.19. The van der Waals surface area contributed by atoms with Crippen molar-refractivity contribution in [3.05, 3.63) is 41.5 Å². The van der Waals surface area contributed by atoms with Gasteiger partial charge in [0, 0.05) is 0 Å². The summed E-state index contributed by atoms with van der Waals surface area (Å²) in [6, 6.07) is 10.1. The number of nitrogens with zero attached hydrogens (tertiary/aromatic N) is 1. The summed E-state index contributed by atoms with van der Waals surface area (Å²) in [7, 11) is 0. The van der Waals surface area contributed by atoms with Crippen LogP contribution in [0.1, 0.15) is 5.56 Å². The Balaban J connectivity index is 3.23. The fourth-order valence-corrected chi connectivity index (χ4v) is 0.985. The van der Waals surface area contributed by atoms with Gasteiger partial charge in [0.05, 0.1) is 5.70 Å². The molecule has 0 spiro atoms. The molecule has 0 fully saturated rings. The van der Waals surface area contributed by atoms with Crippen molar-refractivity contribution in [2.24, 2.45) is 5.73 Å². The summed E-state index contributed by atoms with van der Waals surface area (Å²) in [6.45, 7) is 0. The molecule has 4 heteroatoms. The molecule has 0 heterocycles. The van der Waals surface area contributed by atoms with Crippen LogP contribution in [0.2, 0.25) is 0 Å². The van der Waals surface area contributed by atoms with Gasteiger partial charge in [0.15, 0.2) is 5.57 Å². The predicted octanol–water partition coefficient (Wildman–Crippen LogP) is 0.965. The molecule has 1 aromatic carbocycles. The lowest BCUT2D eigenvalue weighted by atomic mass is 10.1. The van der Waals surface area contributed by atoms with Crippen LogP contribution in [0.3, 0.4) is 0 Å². The Labute approximate surface area is 80.9 Å². The SMILES string of the molecule is N#CC(C(=O)O)=C(N)c1ccccc1. The van der Waals surface area contributed by atoms with Gasteiger partial charge in [-0.15, -0.1) is 0 Å². The van der Waals surface area contributed by atoms with Crippen molar-refractivity contribution >= 4 is 11.7 Å². The van der Waals surface area contributed by atoms with Gasteiger partial charge in [-0.2, -0.15) is 5.26 Å². The zero-order chi connectivity index (χ0) is 10.6. The van der Waals surface area contributed by atoms with Crippen molar-refractivity contribution in [2.45, 2.75) is 0 Å². The van der Waals surface area contributed by atoms with E-state index in [0.717, 1.165) is 0 Å². The molecule has 0 saturated carbocycles. The second kappa shape index (κ2) is 4.10. The van der Waals surface area contributed by atoms with E-state index in [1.807, 2.05) is 0 Å². The number of hydrogen-bond donors (Lipinski definition) is 2. The fourth-order valence-electron chi connectivity index (χ4n) is 0.985. The summed E-state index contributed by atoms with van der Waals surface area (Å²) in [4.78, 5) is 10.6.